The molecule has 2 N–H and O–H groups in total. The normalized spacial score (nSPS) is 12.7. The summed E-state index contributed by atoms with van der Waals surface area (Å²) >= 11 is 5.64. The molecule has 0 fully saturated rings. The molecule has 1 heterocycles. The molecular formula is C13H15ClFN3. The molecule has 0 spiro atoms. The topological polar surface area (TPSA) is 43.8 Å². The van der Waals surface area contributed by atoms with Crippen molar-refractivity contribution in [2.24, 2.45) is 5.73 Å². The van der Waals surface area contributed by atoms with Crippen LogP contribution in [-0.4, -0.2) is 9.78 Å². The minimum atomic E-state index is -0.436. The van der Waals surface area contributed by atoms with Crippen LogP contribution in [0.15, 0.2) is 30.6 Å². The fraction of sp³-hybridized carbons (Fsp3) is 0.308. The van der Waals surface area contributed by atoms with E-state index in [1.165, 1.54) is 12.1 Å². The second-order valence-electron chi connectivity index (χ2n) is 4.19. The first-order valence-electron chi connectivity index (χ1n) is 5.82. The zero-order chi connectivity index (χ0) is 13.1. The molecule has 0 amide bonds. The smallest absolute Gasteiger partial charge is 0.142 e. The number of hydrogen-bond acceptors (Lipinski definition) is 2. The third-order valence-corrected chi connectivity index (χ3v) is 3.14. The standard InChI is InChI=1S/C13H15ClFN3/c1-2-18-8-9(7-17-18)5-13(16)10-3-4-11(14)12(15)6-10/h3-4,6-8,13H,2,5,16H2,1H3. The molecular weight excluding hydrogens is 253 g/mol. The fourth-order valence-corrected chi connectivity index (χ4v) is 1.92. The molecule has 0 aliphatic heterocycles. The summed E-state index contributed by atoms with van der Waals surface area (Å²) in [5.41, 5.74) is 7.83. The quantitative estimate of drug-likeness (QED) is 0.926. The third-order valence-electron chi connectivity index (χ3n) is 2.84. The van der Waals surface area contributed by atoms with Gasteiger partial charge in [-0.05, 0) is 36.6 Å². The number of nitrogens with two attached hydrogens (primary N) is 1. The lowest BCUT2D eigenvalue weighted by molar-refractivity contribution is 0.619. The molecule has 0 radical (unpaired) electrons. The van der Waals surface area contributed by atoms with E-state index in [4.69, 9.17) is 17.3 Å². The number of aromatic nitrogens is 2. The number of halogens is 2. The lowest BCUT2D eigenvalue weighted by atomic mass is 10.0. The van der Waals surface area contributed by atoms with Gasteiger partial charge in [-0.3, -0.25) is 4.68 Å². The van der Waals surface area contributed by atoms with Crippen molar-refractivity contribution in [3.05, 3.63) is 52.6 Å². The largest absolute Gasteiger partial charge is 0.324 e. The second-order valence-corrected chi connectivity index (χ2v) is 4.60. The minimum absolute atomic E-state index is 0.116. The summed E-state index contributed by atoms with van der Waals surface area (Å²) in [4.78, 5) is 0. The lowest BCUT2D eigenvalue weighted by Crippen LogP contribution is -2.13. The predicted octanol–water partition coefficient (Wildman–Crippen LogP) is 2.94. The summed E-state index contributed by atoms with van der Waals surface area (Å²) in [5.74, 6) is -0.436. The van der Waals surface area contributed by atoms with Crippen LogP contribution < -0.4 is 5.73 Å². The highest BCUT2D eigenvalue weighted by molar-refractivity contribution is 6.30. The summed E-state index contributed by atoms with van der Waals surface area (Å²) in [6.45, 7) is 2.84. The third kappa shape index (κ3) is 2.89. The molecule has 0 saturated heterocycles. The Morgan fingerprint density at radius 1 is 1.50 bits per heavy atom. The van der Waals surface area contributed by atoms with Gasteiger partial charge in [0.05, 0.1) is 11.2 Å². The molecule has 1 unspecified atom stereocenters. The van der Waals surface area contributed by atoms with Gasteiger partial charge in [0.1, 0.15) is 5.82 Å². The van der Waals surface area contributed by atoms with Gasteiger partial charge in [-0.25, -0.2) is 4.39 Å². The van der Waals surface area contributed by atoms with E-state index in [0.717, 1.165) is 17.7 Å². The predicted molar refractivity (Wildman–Crippen MR) is 69.9 cm³/mol. The maximum Gasteiger partial charge on any atom is 0.142 e. The Hall–Kier alpha value is -1.39. The average molecular weight is 268 g/mol. The van der Waals surface area contributed by atoms with Crippen LogP contribution in [0.3, 0.4) is 0 Å². The Kier molecular flexibility index (Phi) is 3.99. The minimum Gasteiger partial charge on any atom is -0.324 e. The molecule has 0 aliphatic carbocycles. The summed E-state index contributed by atoms with van der Waals surface area (Å²) < 4.78 is 15.2. The number of rotatable bonds is 4. The molecule has 0 aliphatic rings. The van der Waals surface area contributed by atoms with Crippen LogP contribution in [0.1, 0.15) is 24.1 Å². The zero-order valence-electron chi connectivity index (χ0n) is 10.1. The van der Waals surface area contributed by atoms with Crippen molar-refractivity contribution in [1.29, 1.82) is 0 Å². The van der Waals surface area contributed by atoms with Gasteiger partial charge in [-0.1, -0.05) is 17.7 Å². The lowest BCUT2D eigenvalue weighted by Gasteiger charge is -2.11. The van der Waals surface area contributed by atoms with Crippen molar-refractivity contribution in [2.45, 2.75) is 25.9 Å². The van der Waals surface area contributed by atoms with Gasteiger partial charge < -0.3 is 5.73 Å². The van der Waals surface area contributed by atoms with Gasteiger partial charge in [0, 0.05) is 18.8 Å². The Labute approximate surface area is 110 Å². The van der Waals surface area contributed by atoms with Gasteiger partial charge in [0.15, 0.2) is 0 Å². The second kappa shape index (κ2) is 5.50. The molecule has 1 atom stereocenters. The van der Waals surface area contributed by atoms with Crippen LogP contribution in [0.5, 0.6) is 0 Å². The molecule has 0 bridgehead atoms. The Balaban J connectivity index is 2.11. The van der Waals surface area contributed by atoms with Crippen LogP contribution in [-0.2, 0) is 13.0 Å². The zero-order valence-corrected chi connectivity index (χ0v) is 10.9. The van der Waals surface area contributed by atoms with E-state index < -0.39 is 5.82 Å². The molecule has 2 rings (SSSR count). The highest BCUT2D eigenvalue weighted by Crippen LogP contribution is 2.21. The first-order valence-corrected chi connectivity index (χ1v) is 6.19. The first-order chi connectivity index (χ1) is 8.60. The van der Waals surface area contributed by atoms with Gasteiger partial charge >= 0.3 is 0 Å². The van der Waals surface area contributed by atoms with Gasteiger partial charge in [0.25, 0.3) is 0 Å². The molecule has 1 aromatic heterocycles. The number of aryl methyl sites for hydroxylation is 1. The van der Waals surface area contributed by atoms with E-state index in [2.05, 4.69) is 5.10 Å². The molecule has 2 aromatic rings. The highest BCUT2D eigenvalue weighted by Gasteiger charge is 2.10. The van der Waals surface area contributed by atoms with Crippen molar-refractivity contribution < 1.29 is 4.39 Å². The summed E-state index contributed by atoms with van der Waals surface area (Å²) in [5, 5.41) is 4.29. The van der Waals surface area contributed by atoms with Crippen LogP contribution in [0.4, 0.5) is 4.39 Å². The van der Waals surface area contributed by atoms with Crippen molar-refractivity contribution >= 4 is 11.6 Å². The van der Waals surface area contributed by atoms with Crippen LogP contribution in [0.25, 0.3) is 0 Å². The van der Waals surface area contributed by atoms with Crippen LogP contribution in [0, 0.1) is 5.82 Å². The van der Waals surface area contributed by atoms with Crippen molar-refractivity contribution in [3.8, 4) is 0 Å². The molecule has 96 valence electrons. The Morgan fingerprint density at radius 2 is 2.28 bits per heavy atom. The molecule has 0 saturated carbocycles. The first kappa shape index (κ1) is 13.1. The van der Waals surface area contributed by atoms with Crippen molar-refractivity contribution in [1.82, 2.24) is 9.78 Å². The summed E-state index contributed by atoms with van der Waals surface area (Å²) in [6.07, 6.45) is 4.36. The van der Waals surface area contributed by atoms with Gasteiger partial charge in [-0.15, -0.1) is 0 Å². The maximum atomic E-state index is 13.3. The van der Waals surface area contributed by atoms with E-state index in [9.17, 15) is 4.39 Å². The van der Waals surface area contributed by atoms with E-state index in [-0.39, 0.29) is 11.1 Å². The van der Waals surface area contributed by atoms with Crippen LogP contribution in [0.2, 0.25) is 5.02 Å². The van der Waals surface area contributed by atoms with E-state index >= 15 is 0 Å². The molecule has 18 heavy (non-hydrogen) atoms. The highest BCUT2D eigenvalue weighted by atomic mass is 35.5. The average Bonchev–Trinajstić information content (AvgIpc) is 2.80. The van der Waals surface area contributed by atoms with E-state index in [1.807, 2.05) is 17.8 Å². The van der Waals surface area contributed by atoms with Crippen molar-refractivity contribution in [2.75, 3.05) is 0 Å². The number of benzene rings is 1. The van der Waals surface area contributed by atoms with E-state index in [1.54, 1.807) is 12.3 Å². The van der Waals surface area contributed by atoms with Crippen LogP contribution >= 0.6 is 11.6 Å². The SMILES string of the molecule is CCn1cc(CC(N)c2ccc(Cl)c(F)c2)cn1. The summed E-state index contributed by atoms with van der Waals surface area (Å²) in [7, 11) is 0. The molecule has 3 nitrogen and oxygen atoms in total. The van der Waals surface area contributed by atoms with Crippen molar-refractivity contribution in [3.63, 3.8) is 0 Å². The number of hydrogen-bond donors (Lipinski definition) is 1. The fourth-order valence-electron chi connectivity index (χ4n) is 1.80. The number of nitrogens with zero attached hydrogens (tertiary/aromatic N) is 2. The van der Waals surface area contributed by atoms with Gasteiger partial charge in [0.2, 0.25) is 0 Å². The summed E-state index contributed by atoms with van der Waals surface area (Å²) in [6, 6.07) is 4.41. The Morgan fingerprint density at radius 3 is 2.89 bits per heavy atom. The van der Waals surface area contributed by atoms with E-state index in [0.29, 0.717) is 6.42 Å². The molecule has 1 aromatic carbocycles. The monoisotopic (exact) mass is 267 g/mol. The maximum absolute atomic E-state index is 13.3. The van der Waals surface area contributed by atoms with Gasteiger partial charge in [-0.2, -0.15) is 5.10 Å². The molecule has 5 heteroatoms. The Bertz CT molecular complexity index is 539.